The van der Waals surface area contributed by atoms with Crippen LogP contribution in [0.4, 0.5) is 0 Å². The van der Waals surface area contributed by atoms with Crippen molar-refractivity contribution in [2.45, 2.75) is 33.1 Å². The predicted octanol–water partition coefficient (Wildman–Crippen LogP) is 0.633. The number of guanidine groups is 1. The summed E-state index contributed by atoms with van der Waals surface area (Å²) < 4.78 is 0. The van der Waals surface area contributed by atoms with Gasteiger partial charge in [-0.2, -0.15) is 0 Å². The van der Waals surface area contributed by atoms with Gasteiger partial charge in [0.05, 0.1) is 0 Å². The number of hydrogen-bond acceptors (Lipinski definition) is 3. The molecule has 0 atom stereocenters. The summed E-state index contributed by atoms with van der Waals surface area (Å²) in [5, 5.41) is 0. The molecular weight excluding hydrogens is 214 g/mol. The fraction of sp³-hybridized carbons (Fsp3) is 0.917. The smallest absolute Gasteiger partial charge is 0.208 e. The Kier molecular flexibility index (Phi) is 6.96. The maximum absolute atomic E-state index is 5.54. The van der Waals surface area contributed by atoms with Crippen molar-refractivity contribution in [2.24, 2.45) is 10.8 Å². The van der Waals surface area contributed by atoms with E-state index in [1.807, 2.05) is 0 Å². The average Bonchev–Trinajstić information content (AvgIpc) is 2.36. The van der Waals surface area contributed by atoms with Crippen molar-refractivity contribution in [1.29, 1.82) is 0 Å². The normalized spacial score (nSPS) is 18.5. The number of rotatable bonds is 5. The number of piperazine rings is 1. The second kappa shape index (κ2) is 8.31. The van der Waals surface area contributed by atoms with Gasteiger partial charge in [-0.25, -0.2) is 5.84 Å². The SMILES string of the molecule is CCCCN=C(NN)N1CCN(CCC)CC1. The molecule has 0 amide bonds. The Labute approximate surface area is 105 Å². The van der Waals surface area contributed by atoms with Crippen molar-refractivity contribution < 1.29 is 0 Å². The van der Waals surface area contributed by atoms with Crippen LogP contribution in [0.5, 0.6) is 0 Å². The largest absolute Gasteiger partial charge is 0.339 e. The summed E-state index contributed by atoms with van der Waals surface area (Å²) >= 11 is 0. The number of hydrazine groups is 1. The summed E-state index contributed by atoms with van der Waals surface area (Å²) in [4.78, 5) is 9.26. The van der Waals surface area contributed by atoms with Crippen molar-refractivity contribution in [3.8, 4) is 0 Å². The monoisotopic (exact) mass is 241 g/mol. The van der Waals surface area contributed by atoms with Crippen LogP contribution in [0.3, 0.4) is 0 Å². The molecule has 1 aliphatic rings. The van der Waals surface area contributed by atoms with E-state index in [1.165, 1.54) is 19.4 Å². The third-order valence-electron chi connectivity index (χ3n) is 3.11. The zero-order valence-electron chi connectivity index (χ0n) is 11.3. The lowest BCUT2D eigenvalue weighted by Gasteiger charge is -2.35. The molecule has 0 saturated carbocycles. The van der Waals surface area contributed by atoms with Crippen LogP contribution in [-0.2, 0) is 0 Å². The molecule has 1 fully saturated rings. The molecule has 0 aromatic heterocycles. The number of nitrogens with two attached hydrogens (primary N) is 1. The van der Waals surface area contributed by atoms with Crippen LogP contribution in [0.2, 0.25) is 0 Å². The number of nitrogens with zero attached hydrogens (tertiary/aromatic N) is 3. The van der Waals surface area contributed by atoms with Crippen LogP contribution in [0, 0.1) is 0 Å². The van der Waals surface area contributed by atoms with Gasteiger partial charge in [-0.15, -0.1) is 0 Å². The summed E-state index contributed by atoms with van der Waals surface area (Å²) in [5.74, 6) is 6.40. The zero-order valence-corrected chi connectivity index (χ0v) is 11.3. The summed E-state index contributed by atoms with van der Waals surface area (Å²) in [7, 11) is 0. The molecule has 1 heterocycles. The first-order valence-electron chi connectivity index (χ1n) is 6.80. The number of nitrogens with one attached hydrogen (secondary N) is 1. The van der Waals surface area contributed by atoms with E-state index in [4.69, 9.17) is 5.84 Å². The lowest BCUT2D eigenvalue weighted by molar-refractivity contribution is 0.179. The highest BCUT2D eigenvalue weighted by atomic mass is 15.4. The molecule has 1 saturated heterocycles. The first-order chi connectivity index (χ1) is 8.31. The molecule has 0 bridgehead atoms. The Bertz CT molecular complexity index is 221. The number of unbranched alkanes of at least 4 members (excludes halogenated alkanes) is 1. The van der Waals surface area contributed by atoms with Crippen molar-refractivity contribution in [1.82, 2.24) is 15.2 Å². The molecule has 3 N–H and O–H groups in total. The number of aliphatic imine (C=N–C) groups is 1. The number of hydrogen-bond donors (Lipinski definition) is 2. The Hall–Kier alpha value is -0.810. The Morgan fingerprint density at radius 1 is 1.18 bits per heavy atom. The molecule has 0 aliphatic carbocycles. The van der Waals surface area contributed by atoms with Crippen molar-refractivity contribution in [3.05, 3.63) is 0 Å². The molecule has 1 aliphatic heterocycles. The quantitative estimate of drug-likeness (QED) is 0.244. The molecule has 100 valence electrons. The van der Waals surface area contributed by atoms with E-state index in [-0.39, 0.29) is 0 Å². The minimum atomic E-state index is 0.856. The zero-order chi connectivity index (χ0) is 12.5. The molecule has 0 spiro atoms. The van der Waals surface area contributed by atoms with E-state index in [2.05, 4.69) is 34.1 Å². The summed E-state index contributed by atoms with van der Waals surface area (Å²) in [6.07, 6.45) is 3.53. The van der Waals surface area contributed by atoms with Crippen LogP contribution in [-0.4, -0.2) is 55.0 Å². The fourth-order valence-corrected chi connectivity index (χ4v) is 2.08. The molecule has 0 aromatic rings. The van der Waals surface area contributed by atoms with E-state index in [0.29, 0.717) is 0 Å². The summed E-state index contributed by atoms with van der Waals surface area (Å²) in [5.41, 5.74) is 2.73. The van der Waals surface area contributed by atoms with Crippen molar-refractivity contribution in [3.63, 3.8) is 0 Å². The Morgan fingerprint density at radius 3 is 2.41 bits per heavy atom. The van der Waals surface area contributed by atoms with Gasteiger partial charge in [-0.05, 0) is 19.4 Å². The van der Waals surface area contributed by atoms with Gasteiger partial charge in [0.25, 0.3) is 0 Å². The lowest BCUT2D eigenvalue weighted by atomic mass is 10.3. The predicted molar refractivity (Wildman–Crippen MR) is 72.8 cm³/mol. The maximum atomic E-state index is 5.54. The van der Waals surface area contributed by atoms with E-state index in [1.54, 1.807) is 0 Å². The van der Waals surface area contributed by atoms with Crippen LogP contribution < -0.4 is 11.3 Å². The topological polar surface area (TPSA) is 56.9 Å². The van der Waals surface area contributed by atoms with Crippen LogP contribution >= 0.6 is 0 Å². The van der Waals surface area contributed by atoms with Gasteiger partial charge in [-0.1, -0.05) is 20.3 Å². The van der Waals surface area contributed by atoms with Crippen molar-refractivity contribution in [2.75, 3.05) is 39.3 Å². The van der Waals surface area contributed by atoms with Gasteiger partial charge in [-0.3, -0.25) is 15.3 Å². The highest BCUT2D eigenvalue weighted by molar-refractivity contribution is 5.79. The highest BCUT2D eigenvalue weighted by Crippen LogP contribution is 2.03. The molecule has 5 nitrogen and oxygen atoms in total. The third kappa shape index (κ3) is 4.91. The standard InChI is InChI=1S/C12H27N5/c1-3-5-6-14-12(15-13)17-10-8-16(7-4-2)9-11-17/h3-11,13H2,1-2H3,(H,14,15). The first-order valence-corrected chi connectivity index (χ1v) is 6.80. The lowest BCUT2D eigenvalue weighted by Crippen LogP contribution is -2.54. The van der Waals surface area contributed by atoms with Gasteiger partial charge in [0, 0.05) is 32.7 Å². The molecular formula is C12H27N5. The average molecular weight is 241 g/mol. The van der Waals surface area contributed by atoms with E-state index in [0.717, 1.165) is 45.1 Å². The van der Waals surface area contributed by atoms with Gasteiger partial charge in [0.15, 0.2) is 0 Å². The molecule has 0 unspecified atom stereocenters. The van der Waals surface area contributed by atoms with Gasteiger partial charge in [0.1, 0.15) is 0 Å². The molecule has 1 rings (SSSR count). The van der Waals surface area contributed by atoms with Crippen LogP contribution in [0.25, 0.3) is 0 Å². The van der Waals surface area contributed by atoms with Gasteiger partial charge < -0.3 is 4.90 Å². The minimum absolute atomic E-state index is 0.856. The Balaban J connectivity index is 2.36. The van der Waals surface area contributed by atoms with E-state index < -0.39 is 0 Å². The third-order valence-corrected chi connectivity index (χ3v) is 3.11. The van der Waals surface area contributed by atoms with Gasteiger partial charge >= 0.3 is 0 Å². The molecule has 5 heteroatoms. The second-order valence-electron chi connectivity index (χ2n) is 4.53. The van der Waals surface area contributed by atoms with Gasteiger partial charge in [0.2, 0.25) is 5.96 Å². The molecule has 0 aromatic carbocycles. The van der Waals surface area contributed by atoms with Crippen molar-refractivity contribution >= 4 is 5.96 Å². The Morgan fingerprint density at radius 2 is 1.88 bits per heavy atom. The minimum Gasteiger partial charge on any atom is -0.339 e. The first kappa shape index (κ1) is 14.3. The highest BCUT2D eigenvalue weighted by Gasteiger charge is 2.18. The molecule has 17 heavy (non-hydrogen) atoms. The summed E-state index contributed by atoms with van der Waals surface area (Å²) in [6, 6.07) is 0. The molecule has 0 radical (unpaired) electrons. The fourth-order valence-electron chi connectivity index (χ4n) is 2.08. The van der Waals surface area contributed by atoms with Crippen LogP contribution in [0.15, 0.2) is 4.99 Å². The maximum Gasteiger partial charge on any atom is 0.208 e. The second-order valence-corrected chi connectivity index (χ2v) is 4.53. The van der Waals surface area contributed by atoms with Crippen LogP contribution in [0.1, 0.15) is 33.1 Å². The van der Waals surface area contributed by atoms with E-state index in [9.17, 15) is 0 Å². The summed E-state index contributed by atoms with van der Waals surface area (Å²) in [6.45, 7) is 10.7. The van der Waals surface area contributed by atoms with E-state index >= 15 is 0 Å².